The van der Waals surface area contributed by atoms with E-state index in [4.69, 9.17) is 4.74 Å². The molecule has 0 N–H and O–H groups in total. The second kappa shape index (κ2) is 17.1. The first-order valence-electron chi connectivity index (χ1n) is 10.1. The molecule has 1 fully saturated rings. The molecule has 0 aliphatic carbocycles. The minimum Gasteiger partial charge on any atom is -0.374 e. The van der Waals surface area contributed by atoms with Gasteiger partial charge in [-0.3, -0.25) is 14.9 Å². The van der Waals surface area contributed by atoms with E-state index in [1.54, 1.807) is 29.2 Å². The van der Waals surface area contributed by atoms with Crippen molar-refractivity contribution >= 4 is 6.41 Å². The number of nitrogens with zero attached hydrogens (tertiary/aromatic N) is 2. The van der Waals surface area contributed by atoms with Gasteiger partial charge in [0.1, 0.15) is 12.4 Å². The number of halogens is 1. The maximum absolute atomic E-state index is 11.9. The second-order valence-corrected chi connectivity index (χ2v) is 6.24. The predicted octanol–water partition coefficient (Wildman–Crippen LogP) is 4.81. The highest BCUT2D eigenvalue weighted by Gasteiger charge is 2.22. The maximum Gasteiger partial charge on any atom is 0.236 e. The number of nitro groups is 1. The molecular weight excluding hydrogens is 387 g/mol. The monoisotopic (exact) mass is 420 g/mol. The van der Waals surface area contributed by atoms with Crippen LogP contribution in [0.2, 0.25) is 0 Å². The molecule has 2 heterocycles. The van der Waals surface area contributed by atoms with Gasteiger partial charge in [0.05, 0.1) is 0 Å². The lowest BCUT2D eigenvalue weighted by Crippen LogP contribution is -2.29. The van der Waals surface area contributed by atoms with Gasteiger partial charge >= 0.3 is 0 Å². The third-order valence-corrected chi connectivity index (χ3v) is 4.26. The number of carbonyl (C=O) groups is 1. The second-order valence-electron chi connectivity index (χ2n) is 6.24. The first kappa shape index (κ1) is 27.2. The summed E-state index contributed by atoms with van der Waals surface area (Å²) < 4.78 is 16.8. The molecule has 2 aliphatic heterocycles. The molecule has 0 aromatic heterocycles. The van der Waals surface area contributed by atoms with Crippen LogP contribution in [0.5, 0.6) is 0 Å². The van der Waals surface area contributed by atoms with Crippen molar-refractivity contribution in [3.05, 3.63) is 82.7 Å². The molecule has 0 bridgehead atoms. The van der Waals surface area contributed by atoms with Crippen LogP contribution >= 0.6 is 0 Å². The van der Waals surface area contributed by atoms with Crippen molar-refractivity contribution in [2.75, 3.05) is 26.3 Å². The number of allylic oxidation sites excluding steroid dienone is 1. The number of ether oxygens (including phenoxy) is 1. The lowest BCUT2D eigenvalue weighted by Gasteiger charge is -2.25. The summed E-state index contributed by atoms with van der Waals surface area (Å²) in [6.07, 6.45) is 6.91. The molecule has 0 radical (unpaired) electrons. The van der Waals surface area contributed by atoms with Crippen LogP contribution in [0.3, 0.4) is 0 Å². The van der Waals surface area contributed by atoms with E-state index in [9.17, 15) is 19.3 Å². The van der Waals surface area contributed by atoms with Crippen molar-refractivity contribution in [1.29, 1.82) is 0 Å². The lowest BCUT2D eigenvalue weighted by molar-refractivity contribution is -0.530. The number of amides is 1. The number of benzene rings is 1. The molecule has 7 heteroatoms. The quantitative estimate of drug-likeness (QED) is 0.398. The molecule has 3 rings (SSSR count). The van der Waals surface area contributed by atoms with E-state index in [1.165, 1.54) is 17.7 Å². The fraction of sp³-hybridized carbons (Fsp3) is 0.435. The minimum absolute atomic E-state index is 0.178. The van der Waals surface area contributed by atoms with Gasteiger partial charge in [-0.2, -0.15) is 0 Å². The van der Waals surface area contributed by atoms with E-state index >= 15 is 0 Å². The fourth-order valence-corrected chi connectivity index (χ4v) is 2.65. The molecule has 30 heavy (non-hydrogen) atoms. The van der Waals surface area contributed by atoms with E-state index in [-0.39, 0.29) is 10.7 Å². The predicted molar refractivity (Wildman–Crippen MR) is 118 cm³/mol. The highest BCUT2D eigenvalue weighted by molar-refractivity contribution is 5.50. The Morgan fingerprint density at radius 1 is 1.20 bits per heavy atom. The minimum atomic E-state index is -0.446. The molecule has 1 aromatic carbocycles. The fourth-order valence-electron chi connectivity index (χ4n) is 2.65. The summed E-state index contributed by atoms with van der Waals surface area (Å²) in [5.41, 5.74) is 2.33. The summed E-state index contributed by atoms with van der Waals surface area (Å²) in [6, 6.07) is 7.49. The van der Waals surface area contributed by atoms with Crippen LogP contribution < -0.4 is 0 Å². The van der Waals surface area contributed by atoms with Gasteiger partial charge in [-0.1, -0.05) is 57.4 Å². The molecule has 0 spiro atoms. The summed E-state index contributed by atoms with van der Waals surface area (Å²) in [7, 11) is 0. The van der Waals surface area contributed by atoms with Gasteiger partial charge < -0.3 is 9.64 Å². The van der Waals surface area contributed by atoms with E-state index in [1.807, 2.05) is 19.9 Å². The van der Waals surface area contributed by atoms with Gasteiger partial charge in [0.15, 0.2) is 0 Å². The molecule has 0 saturated carbocycles. The third kappa shape index (κ3) is 11.3. The Morgan fingerprint density at radius 3 is 2.20 bits per heavy atom. The Kier molecular flexibility index (Phi) is 15.5. The van der Waals surface area contributed by atoms with Crippen LogP contribution in [0.4, 0.5) is 4.39 Å². The van der Waals surface area contributed by atoms with Crippen molar-refractivity contribution in [2.24, 2.45) is 0 Å². The normalized spacial score (nSPS) is 17.6. The summed E-state index contributed by atoms with van der Waals surface area (Å²) >= 11 is 0. The Morgan fingerprint density at radius 2 is 1.83 bits per heavy atom. The van der Waals surface area contributed by atoms with E-state index in [0.717, 1.165) is 31.4 Å². The molecule has 166 valence electrons. The SMILES string of the molecule is C=CC1=C(C=C)CN(C=O)CC1.CC.Fc1ccccc1.O=[N+]([O-])C1CCCOC1. The Bertz CT molecular complexity index is 671. The van der Waals surface area contributed by atoms with Crippen LogP contribution in [0.15, 0.2) is 66.8 Å². The summed E-state index contributed by atoms with van der Waals surface area (Å²) in [5, 5.41) is 10.1. The highest BCUT2D eigenvalue weighted by Crippen LogP contribution is 2.18. The maximum atomic E-state index is 11.9. The van der Waals surface area contributed by atoms with Crippen molar-refractivity contribution < 1.29 is 18.8 Å². The van der Waals surface area contributed by atoms with Gasteiger partial charge in [-0.25, -0.2) is 4.39 Å². The van der Waals surface area contributed by atoms with Crippen LogP contribution in [0.1, 0.15) is 33.1 Å². The van der Waals surface area contributed by atoms with E-state index in [2.05, 4.69) is 13.2 Å². The van der Waals surface area contributed by atoms with Gasteiger partial charge in [-0.15, -0.1) is 0 Å². The zero-order chi connectivity index (χ0) is 22.8. The first-order chi connectivity index (χ1) is 14.5. The summed E-state index contributed by atoms with van der Waals surface area (Å²) in [4.78, 5) is 22.0. The molecule has 1 amide bonds. The van der Waals surface area contributed by atoms with Crippen LogP contribution in [-0.4, -0.2) is 48.6 Å². The number of carbonyl (C=O) groups excluding carboxylic acids is 1. The average Bonchev–Trinajstić information content (AvgIpc) is 2.81. The van der Waals surface area contributed by atoms with Crippen LogP contribution in [0, 0.1) is 15.9 Å². The summed E-state index contributed by atoms with van der Waals surface area (Å²) in [5.74, 6) is -0.178. The Balaban J connectivity index is 0.000000416. The molecule has 6 nitrogen and oxygen atoms in total. The van der Waals surface area contributed by atoms with Crippen LogP contribution in [0.25, 0.3) is 0 Å². The van der Waals surface area contributed by atoms with Crippen molar-refractivity contribution in [1.82, 2.24) is 4.90 Å². The van der Waals surface area contributed by atoms with Gasteiger partial charge in [0.2, 0.25) is 12.5 Å². The summed E-state index contributed by atoms with van der Waals surface area (Å²) in [6.45, 7) is 13.9. The number of hydrogen-bond acceptors (Lipinski definition) is 4. The molecule has 1 unspecified atom stereocenters. The lowest BCUT2D eigenvalue weighted by atomic mass is 10.0. The number of hydrogen-bond donors (Lipinski definition) is 0. The van der Waals surface area contributed by atoms with E-state index < -0.39 is 6.04 Å². The zero-order valence-corrected chi connectivity index (χ0v) is 18.0. The standard InChI is InChI=1S/C10H13NO.C6H5F.C5H9NO3.C2H6/c1-3-9-5-6-11(8-12)7-10(9)4-2;7-6-4-2-1-3-5-6;7-6(8)5-2-1-3-9-4-5;1-2/h3-4,8H,1-2,5-7H2;1-5H;5H,1-4H2;1-2H3. The highest BCUT2D eigenvalue weighted by atomic mass is 19.1. The van der Waals surface area contributed by atoms with Crippen molar-refractivity contribution in [2.45, 2.75) is 39.2 Å². The average molecular weight is 421 g/mol. The topological polar surface area (TPSA) is 72.7 Å². The van der Waals surface area contributed by atoms with Crippen molar-refractivity contribution in [3.8, 4) is 0 Å². The van der Waals surface area contributed by atoms with Crippen LogP contribution in [-0.2, 0) is 9.53 Å². The Labute approximate surface area is 178 Å². The first-order valence-corrected chi connectivity index (χ1v) is 10.1. The molecule has 1 saturated heterocycles. The molecule has 2 aliphatic rings. The van der Waals surface area contributed by atoms with Gasteiger partial charge in [0.25, 0.3) is 0 Å². The molecular formula is C23H33FN2O4. The van der Waals surface area contributed by atoms with Gasteiger partial charge in [-0.05, 0) is 36.1 Å². The zero-order valence-electron chi connectivity index (χ0n) is 18.0. The van der Waals surface area contributed by atoms with Crippen molar-refractivity contribution in [3.63, 3.8) is 0 Å². The molecule has 1 atom stereocenters. The molecule has 1 aromatic rings. The smallest absolute Gasteiger partial charge is 0.236 e. The van der Waals surface area contributed by atoms with E-state index in [0.29, 0.717) is 26.2 Å². The van der Waals surface area contributed by atoms with Gasteiger partial charge in [0, 0.05) is 31.0 Å². The number of rotatable bonds is 4. The third-order valence-electron chi connectivity index (χ3n) is 4.26. The Hall–Kier alpha value is -2.80. The largest absolute Gasteiger partial charge is 0.374 e.